The maximum atomic E-state index is 3.49. The highest BCUT2D eigenvalue weighted by atomic mass is 15.1. The second-order valence-electron chi connectivity index (χ2n) is 6.27. The van der Waals surface area contributed by atoms with Gasteiger partial charge in [0, 0.05) is 31.4 Å². The van der Waals surface area contributed by atoms with E-state index < -0.39 is 0 Å². The number of fused-ring (bicyclic) bond motifs is 1. The van der Waals surface area contributed by atoms with Gasteiger partial charge >= 0.3 is 0 Å². The minimum atomic E-state index is 0.525. The van der Waals surface area contributed by atoms with Crippen LogP contribution in [0.15, 0.2) is 42.5 Å². The average molecular weight is 280 g/mol. The van der Waals surface area contributed by atoms with Crippen molar-refractivity contribution in [1.29, 1.82) is 0 Å². The quantitative estimate of drug-likeness (QED) is 0.910. The highest BCUT2D eigenvalue weighted by Gasteiger charge is 2.18. The minimum absolute atomic E-state index is 0.525. The minimum Gasteiger partial charge on any atom is -0.363 e. The topological polar surface area (TPSA) is 15.3 Å². The molecule has 1 aliphatic heterocycles. The molecule has 21 heavy (non-hydrogen) atoms. The van der Waals surface area contributed by atoms with Crippen molar-refractivity contribution < 1.29 is 0 Å². The number of nitrogens with zero attached hydrogens (tertiary/aromatic N) is 1. The summed E-state index contributed by atoms with van der Waals surface area (Å²) in [6.07, 6.45) is 0. The zero-order valence-electron chi connectivity index (χ0n) is 13.2. The summed E-state index contributed by atoms with van der Waals surface area (Å²) in [6, 6.07) is 16.1. The molecule has 1 aliphatic rings. The Morgan fingerprint density at radius 3 is 2.29 bits per heavy atom. The van der Waals surface area contributed by atoms with Crippen LogP contribution < -0.4 is 10.2 Å². The van der Waals surface area contributed by atoms with Crippen molar-refractivity contribution in [3.05, 3.63) is 64.7 Å². The van der Waals surface area contributed by atoms with Crippen molar-refractivity contribution in [2.45, 2.75) is 46.4 Å². The van der Waals surface area contributed by atoms with Crippen LogP contribution in [0.1, 0.15) is 36.1 Å². The highest BCUT2D eigenvalue weighted by molar-refractivity contribution is 5.54. The molecular weight excluding hydrogens is 256 g/mol. The van der Waals surface area contributed by atoms with E-state index in [-0.39, 0.29) is 0 Å². The third kappa shape index (κ3) is 3.11. The van der Waals surface area contributed by atoms with Crippen LogP contribution in [0.25, 0.3) is 0 Å². The van der Waals surface area contributed by atoms with Crippen molar-refractivity contribution in [3.63, 3.8) is 0 Å². The summed E-state index contributed by atoms with van der Waals surface area (Å²) >= 11 is 0. The second-order valence-corrected chi connectivity index (χ2v) is 6.27. The Kier molecular flexibility index (Phi) is 3.98. The first-order chi connectivity index (χ1) is 10.1. The SMILES string of the molecule is Cc1cc(N2Cc3ccccc3C2)ccc1CNC(C)C. The lowest BCUT2D eigenvalue weighted by atomic mass is 10.1. The Hall–Kier alpha value is -1.80. The van der Waals surface area contributed by atoms with Crippen LogP contribution in [0.2, 0.25) is 0 Å². The van der Waals surface area contributed by atoms with E-state index in [0.29, 0.717) is 6.04 Å². The van der Waals surface area contributed by atoms with Gasteiger partial charge in [-0.1, -0.05) is 44.2 Å². The van der Waals surface area contributed by atoms with Crippen molar-refractivity contribution >= 4 is 5.69 Å². The van der Waals surface area contributed by atoms with Crippen LogP contribution in [0, 0.1) is 6.92 Å². The first-order valence-electron chi connectivity index (χ1n) is 7.78. The molecule has 2 aromatic carbocycles. The van der Waals surface area contributed by atoms with Gasteiger partial charge in [-0.15, -0.1) is 0 Å². The average Bonchev–Trinajstić information content (AvgIpc) is 2.89. The van der Waals surface area contributed by atoms with Gasteiger partial charge in [-0.2, -0.15) is 0 Å². The Bertz CT molecular complexity index is 606. The summed E-state index contributed by atoms with van der Waals surface area (Å²) in [4.78, 5) is 2.46. The number of rotatable bonds is 4. The van der Waals surface area contributed by atoms with Crippen molar-refractivity contribution in [2.24, 2.45) is 0 Å². The van der Waals surface area contributed by atoms with E-state index in [0.717, 1.165) is 19.6 Å². The summed E-state index contributed by atoms with van der Waals surface area (Å²) in [5.74, 6) is 0. The van der Waals surface area contributed by atoms with Gasteiger partial charge in [-0.05, 0) is 41.3 Å². The van der Waals surface area contributed by atoms with E-state index >= 15 is 0 Å². The highest BCUT2D eigenvalue weighted by Crippen LogP contribution is 2.29. The van der Waals surface area contributed by atoms with Crippen molar-refractivity contribution in [3.8, 4) is 0 Å². The standard InChI is InChI=1S/C19H24N2/c1-14(2)20-11-16-8-9-19(10-15(16)3)21-12-17-6-4-5-7-18(17)13-21/h4-10,14,20H,11-13H2,1-3H3. The van der Waals surface area contributed by atoms with Gasteiger partial charge in [0.25, 0.3) is 0 Å². The van der Waals surface area contributed by atoms with Gasteiger partial charge in [0.2, 0.25) is 0 Å². The largest absolute Gasteiger partial charge is 0.363 e. The molecule has 0 bridgehead atoms. The molecule has 3 rings (SSSR count). The van der Waals surface area contributed by atoms with Crippen LogP contribution >= 0.6 is 0 Å². The lowest BCUT2D eigenvalue weighted by Crippen LogP contribution is -2.22. The van der Waals surface area contributed by atoms with E-state index in [1.807, 2.05) is 0 Å². The number of nitrogens with one attached hydrogen (secondary N) is 1. The van der Waals surface area contributed by atoms with Gasteiger partial charge in [0.1, 0.15) is 0 Å². The van der Waals surface area contributed by atoms with Gasteiger partial charge in [-0.25, -0.2) is 0 Å². The fraction of sp³-hybridized carbons (Fsp3) is 0.368. The number of aryl methyl sites for hydroxylation is 1. The summed E-state index contributed by atoms with van der Waals surface area (Å²) in [5.41, 5.74) is 7.01. The predicted molar refractivity (Wildman–Crippen MR) is 89.5 cm³/mol. The predicted octanol–water partition coefficient (Wildman–Crippen LogP) is 4.01. The molecule has 0 spiro atoms. The number of hydrogen-bond donors (Lipinski definition) is 1. The van der Waals surface area contributed by atoms with Gasteiger partial charge < -0.3 is 10.2 Å². The summed E-state index contributed by atoms with van der Waals surface area (Å²) < 4.78 is 0. The van der Waals surface area contributed by atoms with E-state index in [2.05, 4.69) is 73.5 Å². The van der Waals surface area contributed by atoms with Crippen molar-refractivity contribution in [1.82, 2.24) is 5.32 Å². The van der Waals surface area contributed by atoms with E-state index in [1.54, 1.807) is 0 Å². The van der Waals surface area contributed by atoms with Crippen LogP contribution in [-0.2, 0) is 19.6 Å². The second kappa shape index (κ2) is 5.90. The zero-order valence-corrected chi connectivity index (χ0v) is 13.2. The summed E-state index contributed by atoms with van der Waals surface area (Å²) in [5, 5.41) is 3.49. The molecule has 2 nitrogen and oxygen atoms in total. The molecule has 2 aromatic rings. The summed E-state index contributed by atoms with van der Waals surface area (Å²) in [6.45, 7) is 9.59. The number of benzene rings is 2. The molecule has 0 radical (unpaired) electrons. The Balaban J connectivity index is 1.75. The lowest BCUT2D eigenvalue weighted by Gasteiger charge is -2.20. The molecular formula is C19H24N2. The smallest absolute Gasteiger partial charge is 0.0436 e. The third-order valence-corrected chi connectivity index (χ3v) is 4.23. The van der Waals surface area contributed by atoms with E-state index in [9.17, 15) is 0 Å². The number of hydrogen-bond acceptors (Lipinski definition) is 2. The first-order valence-corrected chi connectivity index (χ1v) is 7.78. The molecule has 0 aliphatic carbocycles. The monoisotopic (exact) mass is 280 g/mol. The maximum absolute atomic E-state index is 3.49. The van der Waals surface area contributed by atoms with Crippen molar-refractivity contribution in [2.75, 3.05) is 4.90 Å². The molecule has 0 atom stereocenters. The van der Waals surface area contributed by atoms with Gasteiger partial charge in [0.05, 0.1) is 0 Å². The van der Waals surface area contributed by atoms with Crippen LogP contribution in [0.4, 0.5) is 5.69 Å². The molecule has 1 heterocycles. The maximum Gasteiger partial charge on any atom is 0.0436 e. The van der Waals surface area contributed by atoms with E-state index in [4.69, 9.17) is 0 Å². The molecule has 0 aromatic heterocycles. The van der Waals surface area contributed by atoms with Crippen LogP contribution in [0.5, 0.6) is 0 Å². The first kappa shape index (κ1) is 14.2. The molecule has 0 amide bonds. The number of anilines is 1. The summed E-state index contributed by atoms with van der Waals surface area (Å²) in [7, 11) is 0. The Morgan fingerprint density at radius 1 is 1.05 bits per heavy atom. The van der Waals surface area contributed by atoms with Gasteiger partial charge in [-0.3, -0.25) is 0 Å². The molecule has 1 N–H and O–H groups in total. The Morgan fingerprint density at radius 2 is 1.71 bits per heavy atom. The lowest BCUT2D eigenvalue weighted by molar-refractivity contribution is 0.587. The van der Waals surface area contributed by atoms with Crippen LogP contribution in [0.3, 0.4) is 0 Å². The fourth-order valence-corrected chi connectivity index (χ4v) is 2.90. The molecule has 0 saturated carbocycles. The molecule has 0 unspecified atom stereocenters. The Labute approximate surface area is 127 Å². The normalized spacial score (nSPS) is 13.8. The molecule has 0 fully saturated rings. The van der Waals surface area contributed by atoms with Crippen LogP contribution in [-0.4, -0.2) is 6.04 Å². The van der Waals surface area contributed by atoms with Gasteiger partial charge in [0.15, 0.2) is 0 Å². The zero-order chi connectivity index (χ0) is 14.8. The fourth-order valence-electron chi connectivity index (χ4n) is 2.90. The molecule has 110 valence electrons. The molecule has 0 saturated heterocycles. The molecule has 2 heteroatoms. The van der Waals surface area contributed by atoms with E-state index in [1.165, 1.54) is 27.9 Å². The third-order valence-electron chi connectivity index (χ3n) is 4.23.